The van der Waals surface area contributed by atoms with Crippen LogP contribution in [0.2, 0.25) is 0 Å². The van der Waals surface area contributed by atoms with Crippen molar-refractivity contribution < 1.29 is 9.90 Å². The van der Waals surface area contributed by atoms with E-state index in [9.17, 15) is 9.90 Å². The van der Waals surface area contributed by atoms with Crippen molar-refractivity contribution in [3.8, 4) is 0 Å². The summed E-state index contributed by atoms with van der Waals surface area (Å²) in [5.41, 5.74) is 1.39. The monoisotopic (exact) mass is 414 g/mol. The Morgan fingerprint density at radius 2 is 2.03 bits per heavy atom. The van der Waals surface area contributed by atoms with E-state index in [0.717, 1.165) is 42.9 Å². The zero-order valence-electron chi connectivity index (χ0n) is 19.4. The van der Waals surface area contributed by atoms with Gasteiger partial charge >= 0.3 is 0 Å². The first kappa shape index (κ1) is 22.0. The van der Waals surface area contributed by atoms with Crippen molar-refractivity contribution in [1.82, 2.24) is 9.78 Å². The van der Waals surface area contributed by atoms with Crippen LogP contribution < -0.4 is 0 Å². The third-order valence-corrected chi connectivity index (χ3v) is 9.54. The average molecular weight is 415 g/mol. The van der Waals surface area contributed by atoms with Gasteiger partial charge in [-0.05, 0) is 98.4 Å². The average Bonchev–Trinajstić information content (AvgIpc) is 3.35. The van der Waals surface area contributed by atoms with Crippen molar-refractivity contribution in [2.75, 3.05) is 6.61 Å². The molecule has 3 saturated carbocycles. The number of carbonyl (C=O) groups excluding carboxylic acids is 1. The number of aromatic nitrogens is 2. The Kier molecular flexibility index (Phi) is 6.72. The van der Waals surface area contributed by atoms with Crippen LogP contribution in [0.4, 0.5) is 0 Å². The molecular weight excluding hydrogens is 372 g/mol. The molecule has 1 N–H and O–H groups in total. The van der Waals surface area contributed by atoms with E-state index in [1.165, 1.54) is 50.5 Å². The largest absolute Gasteiger partial charge is 0.396 e. The summed E-state index contributed by atoms with van der Waals surface area (Å²) >= 11 is 0. The van der Waals surface area contributed by atoms with Gasteiger partial charge in [0, 0.05) is 18.7 Å². The lowest BCUT2D eigenvalue weighted by Gasteiger charge is -2.54. The molecule has 4 heteroatoms. The van der Waals surface area contributed by atoms with E-state index in [-0.39, 0.29) is 11.3 Å². The van der Waals surface area contributed by atoms with Gasteiger partial charge < -0.3 is 5.11 Å². The molecule has 4 nitrogen and oxygen atoms in total. The summed E-state index contributed by atoms with van der Waals surface area (Å²) in [6, 6.07) is 0. The van der Waals surface area contributed by atoms with Crippen LogP contribution in [0, 0.1) is 40.9 Å². The van der Waals surface area contributed by atoms with Crippen LogP contribution in [0.5, 0.6) is 0 Å². The van der Waals surface area contributed by atoms with Crippen molar-refractivity contribution in [1.29, 1.82) is 0 Å². The molecule has 1 aromatic heterocycles. The van der Waals surface area contributed by atoms with Crippen molar-refractivity contribution in [3.63, 3.8) is 0 Å². The Hall–Kier alpha value is -1.16. The molecule has 3 fully saturated rings. The molecule has 0 spiro atoms. The Bertz CT molecular complexity index is 728. The summed E-state index contributed by atoms with van der Waals surface area (Å²) in [4.78, 5) is 13.3. The first-order chi connectivity index (χ1) is 14.5. The second kappa shape index (κ2) is 9.14. The van der Waals surface area contributed by atoms with Crippen molar-refractivity contribution >= 4 is 5.78 Å². The Labute approximate surface area is 182 Å². The van der Waals surface area contributed by atoms with Crippen molar-refractivity contribution in [3.05, 3.63) is 18.0 Å². The maximum atomic E-state index is 13.3. The summed E-state index contributed by atoms with van der Waals surface area (Å²) in [7, 11) is 0. The van der Waals surface area contributed by atoms with E-state index in [0.29, 0.717) is 24.9 Å². The fourth-order valence-corrected chi connectivity index (χ4v) is 7.99. The Morgan fingerprint density at radius 1 is 1.20 bits per heavy atom. The first-order valence-corrected chi connectivity index (χ1v) is 12.7. The molecule has 0 unspecified atom stereocenters. The summed E-state index contributed by atoms with van der Waals surface area (Å²) in [5.74, 6) is 4.57. The maximum absolute atomic E-state index is 13.3. The molecular formula is C26H42N2O2. The van der Waals surface area contributed by atoms with Gasteiger partial charge in [0.15, 0.2) is 5.78 Å². The molecule has 0 radical (unpaired) electrons. The highest BCUT2D eigenvalue weighted by molar-refractivity contribution is 5.82. The van der Waals surface area contributed by atoms with Gasteiger partial charge in [0.25, 0.3) is 0 Å². The van der Waals surface area contributed by atoms with Crippen LogP contribution >= 0.6 is 0 Å². The molecule has 7 atom stereocenters. The predicted molar refractivity (Wildman–Crippen MR) is 120 cm³/mol. The highest BCUT2D eigenvalue weighted by atomic mass is 16.2. The summed E-state index contributed by atoms with van der Waals surface area (Å²) in [5, 5.41) is 13.9. The molecule has 0 saturated heterocycles. The highest BCUT2D eigenvalue weighted by Gasteiger charge is 2.57. The minimum absolute atomic E-state index is 0.180. The molecule has 0 aromatic carbocycles. The second-order valence-corrected chi connectivity index (χ2v) is 10.8. The van der Waals surface area contributed by atoms with Gasteiger partial charge in [0.05, 0.1) is 12.7 Å². The third-order valence-electron chi connectivity index (χ3n) is 9.54. The minimum atomic E-state index is 0.180. The van der Waals surface area contributed by atoms with E-state index in [2.05, 4.69) is 25.9 Å². The number of rotatable bonds is 8. The van der Waals surface area contributed by atoms with Gasteiger partial charge in [0.1, 0.15) is 0 Å². The molecule has 1 heterocycles. The molecule has 168 valence electrons. The molecule has 0 bridgehead atoms. The quantitative estimate of drug-likeness (QED) is 0.629. The van der Waals surface area contributed by atoms with E-state index in [1.54, 1.807) is 0 Å². The molecule has 30 heavy (non-hydrogen) atoms. The lowest BCUT2D eigenvalue weighted by atomic mass is 9.50. The molecule has 1 aromatic rings. The standard InChI is InChI=1S/C26H42N2O2/c1-4-18-15-27-28(16-18)17-25(30)24-11-10-23-22-9-8-19(5-2)20(7-6-14-29)21(22)12-13-26(23,24)3/h15-16,19-24,29H,4-14,17H2,1-3H3/t19-,20-,21+,22+,23-,24+,26-/m0/s1. The fourth-order valence-electron chi connectivity index (χ4n) is 7.99. The number of aliphatic hydroxyl groups is 1. The van der Waals surface area contributed by atoms with Crippen LogP contribution in [0.1, 0.15) is 84.1 Å². The predicted octanol–water partition coefficient (Wildman–Crippen LogP) is 5.28. The van der Waals surface area contributed by atoms with Gasteiger partial charge in [-0.3, -0.25) is 9.48 Å². The zero-order valence-corrected chi connectivity index (χ0v) is 19.4. The number of carbonyl (C=O) groups is 1. The van der Waals surface area contributed by atoms with Gasteiger partial charge in [0.2, 0.25) is 0 Å². The topological polar surface area (TPSA) is 55.1 Å². The molecule has 0 aliphatic heterocycles. The number of Topliss-reactive ketones (excluding diaryl/α,β-unsaturated/α-hetero) is 1. The van der Waals surface area contributed by atoms with Crippen LogP contribution in [0.3, 0.4) is 0 Å². The summed E-state index contributed by atoms with van der Waals surface area (Å²) in [6.45, 7) is 7.70. The molecule has 4 rings (SSSR count). The van der Waals surface area contributed by atoms with E-state index in [4.69, 9.17) is 0 Å². The zero-order chi connectivity index (χ0) is 21.3. The second-order valence-electron chi connectivity index (χ2n) is 10.8. The number of hydrogen-bond donors (Lipinski definition) is 1. The van der Waals surface area contributed by atoms with E-state index in [1.807, 2.05) is 17.1 Å². The summed E-state index contributed by atoms with van der Waals surface area (Å²) in [6.07, 6.45) is 15.9. The number of aliphatic hydroxyl groups excluding tert-OH is 1. The lowest BCUT2D eigenvalue weighted by molar-refractivity contribution is -0.130. The number of hydrogen-bond acceptors (Lipinski definition) is 3. The number of nitrogens with zero attached hydrogens (tertiary/aromatic N) is 2. The number of fused-ring (bicyclic) bond motifs is 3. The van der Waals surface area contributed by atoms with Gasteiger partial charge in [-0.25, -0.2) is 0 Å². The molecule has 3 aliphatic rings. The Balaban J connectivity index is 1.48. The first-order valence-electron chi connectivity index (χ1n) is 12.7. The summed E-state index contributed by atoms with van der Waals surface area (Å²) < 4.78 is 1.86. The van der Waals surface area contributed by atoms with E-state index >= 15 is 0 Å². The number of ketones is 1. The van der Waals surface area contributed by atoms with Gasteiger partial charge in [-0.15, -0.1) is 0 Å². The Morgan fingerprint density at radius 3 is 2.73 bits per heavy atom. The van der Waals surface area contributed by atoms with Crippen molar-refractivity contribution in [2.24, 2.45) is 40.9 Å². The van der Waals surface area contributed by atoms with Crippen molar-refractivity contribution in [2.45, 2.75) is 91.5 Å². The molecule has 3 aliphatic carbocycles. The van der Waals surface area contributed by atoms with Crippen LogP contribution in [0.15, 0.2) is 12.4 Å². The third kappa shape index (κ3) is 3.89. The highest BCUT2D eigenvalue weighted by Crippen LogP contribution is 2.63. The van der Waals surface area contributed by atoms with Gasteiger partial charge in [-0.2, -0.15) is 5.10 Å². The normalized spacial score (nSPS) is 38.3. The molecule has 0 amide bonds. The van der Waals surface area contributed by atoms with Gasteiger partial charge in [-0.1, -0.05) is 27.2 Å². The number of aryl methyl sites for hydroxylation is 1. The smallest absolute Gasteiger partial charge is 0.157 e. The van der Waals surface area contributed by atoms with Crippen LogP contribution in [0.25, 0.3) is 0 Å². The van der Waals surface area contributed by atoms with Crippen LogP contribution in [-0.4, -0.2) is 27.3 Å². The van der Waals surface area contributed by atoms with E-state index < -0.39 is 0 Å². The fraction of sp³-hybridized carbons (Fsp3) is 0.846. The SMILES string of the molecule is CCc1cnn(CC(=O)[C@H]2CC[C@H]3[C@@H]4CC[C@H](CC)[C@H](CCCO)[C@H]4CC[C@]23C)c1. The van der Waals surface area contributed by atoms with Crippen LogP contribution in [-0.2, 0) is 17.8 Å². The maximum Gasteiger partial charge on any atom is 0.157 e. The lowest BCUT2D eigenvalue weighted by Crippen LogP contribution is -2.48. The minimum Gasteiger partial charge on any atom is -0.396 e.